The van der Waals surface area contributed by atoms with Gasteiger partial charge in [-0.05, 0) is 6.07 Å². The van der Waals surface area contributed by atoms with Crippen LogP contribution in [0.25, 0.3) is 11.5 Å². The number of carbonyl (C=O) groups excluding carboxylic acids is 1. The van der Waals surface area contributed by atoms with Crippen LogP contribution in [0.5, 0.6) is 0 Å². The zero-order chi connectivity index (χ0) is 11.1. The van der Waals surface area contributed by atoms with Gasteiger partial charge in [-0.1, -0.05) is 0 Å². The molecule has 16 heavy (non-hydrogen) atoms. The van der Waals surface area contributed by atoms with E-state index in [0.29, 0.717) is 24.0 Å². The van der Waals surface area contributed by atoms with Crippen molar-refractivity contribution in [2.45, 2.75) is 13.5 Å². The number of hydrogen-bond donors (Lipinski definition) is 1. The van der Waals surface area contributed by atoms with Crippen LogP contribution in [0, 0.1) is 6.92 Å². The molecule has 3 heterocycles. The zero-order valence-electron chi connectivity index (χ0n) is 8.73. The lowest BCUT2D eigenvalue weighted by Crippen LogP contribution is -2.34. The molecule has 3 rings (SSSR count). The van der Waals surface area contributed by atoms with E-state index in [0.717, 1.165) is 12.1 Å². The fraction of sp³-hybridized carbons (Fsp3) is 0.300. The maximum absolute atomic E-state index is 11.5. The van der Waals surface area contributed by atoms with E-state index in [4.69, 9.17) is 4.42 Å². The highest BCUT2D eigenvalue weighted by Gasteiger charge is 2.19. The summed E-state index contributed by atoms with van der Waals surface area (Å²) in [6.07, 6.45) is 1.86. The molecule has 1 amide bonds. The molecule has 0 saturated carbocycles. The first-order chi connectivity index (χ1) is 7.74. The second-order valence-electron chi connectivity index (χ2n) is 3.69. The smallest absolute Gasteiger partial charge is 0.267 e. The quantitative estimate of drug-likeness (QED) is 0.760. The number of nitrogens with zero attached hydrogens (tertiary/aromatic N) is 3. The van der Waals surface area contributed by atoms with Gasteiger partial charge in [0.2, 0.25) is 11.8 Å². The van der Waals surface area contributed by atoms with Crippen LogP contribution in [0.4, 0.5) is 0 Å². The van der Waals surface area contributed by atoms with E-state index in [1.54, 1.807) is 13.0 Å². The Morgan fingerprint density at radius 3 is 3.06 bits per heavy atom. The molecule has 0 saturated heterocycles. The minimum atomic E-state index is -0.0614. The molecule has 0 fully saturated rings. The molecule has 1 N–H and O–H groups in total. The Morgan fingerprint density at radius 2 is 2.38 bits per heavy atom. The van der Waals surface area contributed by atoms with Crippen molar-refractivity contribution < 1.29 is 9.21 Å². The highest BCUT2D eigenvalue weighted by atomic mass is 16.4. The summed E-state index contributed by atoms with van der Waals surface area (Å²) in [5, 5.41) is 10.5. The van der Waals surface area contributed by atoms with E-state index in [1.807, 2.05) is 10.8 Å². The monoisotopic (exact) mass is 218 g/mol. The molecule has 6 nitrogen and oxygen atoms in total. The van der Waals surface area contributed by atoms with Crippen LogP contribution in [0.3, 0.4) is 0 Å². The maximum Gasteiger partial charge on any atom is 0.267 e. The third-order valence-electron chi connectivity index (χ3n) is 2.54. The fourth-order valence-corrected chi connectivity index (χ4v) is 1.80. The van der Waals surface area contributed by atoms with Crippen LogP contribution in [0.2, 0.25) is 0 Å². The molecule has 0 aliphatic carbocycles. The summed E-state index contributed by atoms with van der Waals surface area (Å²) in [5.74, 6) is 0.907. The predicted octanol–water partition coefficient (Wildman–Crippen LogP) is 0.590. The minimum Gasteiger partial charge on any atom is -0.421 e. The lowest BCUT2D eigenvalue weighted by atomic mass is 10.3. The molecular weight excluding hydrogens is 208 g/mol. The third-order valence-corrected chi connectivity index (χ3v) is 2.54. The average Bonchev–Trinajstić information content (AvgIpc) is 2.84. The fourth-order valence-electron chi connectivity index (χ4n) is 1.80. The molecule has 6 heteroatoms. The Morgan fingerprint density at radius 1 is 1.50 bits per heavy atom. The normalized spacial score (nSPS) is 14.7. The molecule has 0 radical (unpaired) electrons. The lowest BCUT2D eigenvalue weighted by molar-refractivity contribution is 0.0928. The topological polar surface area (TPSA) is 73.0 Å². The van der Waals surface area contributed by atoms with Crippen molar-refractivity contribution in [3.05, 3.63) is 23.8 Å². The number of rotatable bonds is 1. The minimum absolute atomic E-state index is 0.0614. The Labute approximate surface area is 91.3 Å². The van der Waals surface area contributed by atoms with Crippen molar-refractivity contribution >= 4 is 5.91 Å². The van der Waals surface area contributed by atoms with Crippen molar-refractivity contribution in [1.82, 2.24) is 20.1 Å². The van der Waals surface area contributed by atoms with Crippen molar-refractivity contribution in [2.24, 2.45) is 0 Å². The molecule has 0 unspecified atom stereocenters. The van der Waals surface area contributed by atoms with Gasteiger partial charge >= 0.3 is 0 Å². The predicted molar refractivity (Wildman–Crippen MR) is 54.8 cm³/mol. The molecule has 2 aromatic heterocycles. The first-order valence-electron chi connectivity index (χ1n) is 5.03. The molecule has 0 aromatic carbocycles. The van der Waals surface area contributed by atoms with Gasteiger partial charge in [-0.25, -0.2) is 0 Å². The van der Waals surface area contributed by atoms with Gasteiger partial charge in [-0.3, -0.25) is 4.79 Å². The third kappa shape index (κ3) is 1.30. The second-order valence-corrected chi connectivity index (χ2v) is 3.69. The van der Waals surface area contributed by atoms with Gasteiger partial charge in [-0.15, -0.1) is 10.2 Å². The molecule has 1 aliphatic heterocycles. The van der Waals surface area contributed by atoms with Crippen LogP contribution in [-0.4, -0.2) is 27.2 Å². The van der Waals surface area contributed by atoms with Gasteiger partial charge in [0.1, 0.15) is 5.69 Å². The zero-order valence-corrected chi connectivity index (χ0v) is 8.73. The van der Waals surface area contributed by atoms with Crippen LogP contribution >= 0.6 is 0 Å². The molecule has 0 spiro atoms. The van der Waals surface area contributed by atoms with Crippen LogP contribution in [-0.2, 0) is 6.54 Å². The molecule has 0 atom stereocenters. The van der Waals surface area contributed by atoms with Gasteiger partial charge in [0.05, 0.1) is 5.56 Å². The number of hydrogen-bond acceptors (Lipinski definition) is 4. The van der Waals surface area contributed by atoms with Crippen LogP contribution in [0.15, 0.2) is 16.7 Å². The van der Waals surface area contributed by atoms with E-state index in [2.05, 4.69) is 15.5 Å². The summed E-state index contributed by atoms with van der Waals surface area (Å²) in [7, 11) is 0. The lowest BCUT2D eigenvalue weighted by Gasteiger charge is -2.14. The van der Waals surface area contributed by atoms with Gasteiger partial charge in [0, 0.05) is 26.2 Å². The van der Waals surface area contributed by atoms with Crippen molar-refractivity contribution in [3.8, 4) is 11.5 Å². The average molecular weight is 218 g/mol. The Balaban J connectivity index is 2.07. The number of fused-ring (bicyclic) bond motifs is 1. The Bertz CT molecular complexity index is 555. The van der Waals surface area contributed by atoms with Crippen molar-refractivity contribution in [3.63, 3.8) is 0 Å². The molecule has 0 bridgehead atoms. The van der Waals surface area contributed by atoms with Gasteiger partial charge in [0.25, 0.3) is 5.91 Å². The number of nitrogens with one attached hydrogen (secondary N) is 1. The van der Waals surface area contributed by atoms with Crippen LogP contribution in [0.1, 0.15) is 16.4 Å². The number of aryl methyl sites for hydroxylation is 1. The molecular formula is C10H10N4O2. The highest BCUT2D eigenvalue weighted by molar-refractivity contribution is 5.94. The standard InChI is InChI=1S/C10H10N4O2/c1-6-12-13-10(16-6)7-4-8-9(15)11-2-3-14(8)5-7/h4-5H,2-3H2,1H3,(H,11,15). The number of carbonyl (C=O) groups is 1. The molecule has 2 aromatic rings. The van der Waals surface area contributed by atoms with E-state index >= 15 is 0 Å². The maximum atomic E-state index is 11.5. The van der Waals surface area contributed by atoms with Crippen molar-refractivity contribution in [2.75, 3.05) is 6.54 Å². The summed E-state index contributed by atoms with van der Waals surface area (Å²) in [6, 6.07) is 1.77. The van der Waals surface area contributed by atoms with Crippen LogP contribution < -0.4 is 5.32 Å². The van der Waals surface area contributed by atoms with E-state index in [-0.39, 0.29) is 5.91 Å². The summed E-state index contributed by atoms with van der Waals surface area (Å²) in [6.45, 7) is 3.16. The van der Waals surface area contributed by atoms with Gasteiger partial charge in [-0.2, -0.15) is 0 Å². The highest BCUT2D eigenvalue weighted by Crippen LogP contribution is 2.21. The molecule has 82 valence electrons. The van der Waals surface area contributed by atoms with E-state index < -0.39 is 0 Å². The summed E-state index contributed by atoms with van der Waals surface area (Å²) >= 11 is 0. The number of amides is 1. The van der Waals surface area contributed by atoms with Gasteiger partial charge < -0.3 is 14.3 Å². The number of aromatic nitrogens is 3. The Hall–Kier alpha value is -2.11. The van der Waals surface area contributed by atoms with E-state index in [9.17, 15) is 4.79 Å². The largest absolute Gasteiger partial charge is 0.421 e. The second kappa shape index (κ2) is 3.19. The first-order valence-corrected chi connectivity index (χ1v) is 5.03. The Kier molecular flexibility index (Phi) is 1.82. The van der Waals surface area contributed by atoms with E-state index in [1.165, 1.54) is 0 Å². The van der Waals surface area contributed by atoms with Crippen molar-refractivity contribution in [1.29, 1.82) is 0 Å². The summed E-state index contributed by atoms with van der Waals surface area (Å²) < 4.78 is 7.21. The SMILES string of the molecule is Cc1nnc(-c2cc3n(c2)CCNC3=O)o1. The first kappa shape index (κ1) is 9.14. The summed E-state index contributed by atoms with van der Waals surface area (Å²) in [5.41, 5.74) is 1.42. The molecule has 1 aliphatic rings. The summed E-state index contributed by atoms with van der Waals surface area (Å²) in [4.78, 5) is 11.5. The van der Waals surface area contributed by atoms with Gasteiger partial charge in [0.15, 0.2) is 0 Å².